The zero-order valence-corrected chi connectivity index (χ0v) is 12.0. The van der Waals surface area contributed by atoms with Gasteiger partial charge in [0.1, 0.15) is 5.82 Å². The molecule has 1 aliphatic rings. The summed E-state index contributed by atoms with van der Waals surface area (Å²) in [5.41, 5.74) is 5.66. The molecule has 2 aromatic carbocycles. The van der Waals surface area contributed by atoms with Crippen LogP contribution in [-0.4, -0.2) is 6.04 Å². The minimum atomic E-state index is -0.111. The number of benzene rings is 2. The van der Waals surface area contributed by atoms with Gasteiger partial charge in [0.15, 0.2) is 0 Å². The van der Waals surface area contributed by atoms with E-state index < -0.39 is 0 Å². The molecule has 0 radical (unpaired) electrons. The maximum atomic E-state index is 13.8. The molecule has 2 aromatic rings. The van der Waals surface area contributed by atoms with Gasteiger partial charge in [-0.15, -0.1) is 0 Å². The van der Waals surface area contributed by atoms with Gasteiger partial charge < -0.3 is 5.32 Å². The van der Waals surface area contributed by atoms with Crippen LogP contribution in [0.25, 0.3) is 0 Å². The Bertz CT molecular complexity index is 633. The highest BCUT2D eigenvalue weighted by Gasteiger charge is 2.14. The molecule has 1 N–H and O–H groups in total. The number of nitrogens with one attached hydrogen (secondary N) is 1. The van der Waals surface area contributed by atoms with E-state index in [0.29, 0.717) is 12.5 Å². The van der Waals surface area contributed by atoms with Crippen molar-refractivity contribution in [3.8, 4) is 0 Å². The van der Waals surface area contributed by atoms with Gasteiger partial charge in [0.2, 0.25) is 0 Å². The lowest BCUT2D eigenvalue weighted by atomic mass is 9.94. The molecule has 0 saturated heterocycles. The van der Waals surface area contributed by atoms with Crippen LogP contribution in [0.5, 0.6) is 0 Å². The average Bonchev–Trinajstić information content (AvgIpc) is 2.43. The first-order valence-corrected chi connectivity index (χ1v) is 7.25. The summed E-state index contributed by atoms with van der Waals surface area (Å²) >= 11 is 0. The number of aryl methyl sites for hydroxylation is 2. The highest BCUT2D eigenvalue weighted by molar-refractivity contribution is 5.55. The first-order chi connectivity index (χ1) is 9.61. The van der Waals surface area contributed by atoms with E-state index in [4.69, 9.17) is 0 Å². The molecule has 20 heavy (non-hydrogen) atoms. The molecule has 0 saturated carbocycles. The number of anilines is 1. The molecule has 0 amide bonds. The fourth-order valence-electron chi connectivity index (χ4n) is 2.87. The van der Waals surface area contributed by atoms with E-state index in [-0.39, 0.29) is 5.82 Å². The average molecular weight is 269 g/mol. The van der Waals surface area contributed by atoms with Crippen molar-refractivity contribution < 1.29 is 4.39 Å². The van der Waals surface area contributed by atoms with Crippen molar-refractivity contribution in [2.75, 3.05) is 5.32 Å². The first kappa shape index (κ1) is 13.2. The fourth-order valence-corrected chi connectivity index (χ4v) is 2.87. The Morgan fingerprint density at radius 3 is 2.90 bits per heavy atom. The third-order valence-electron chi connectivity index (χ3n) is 4.01. The predicted octanol–water partition coefficient (Wildman–Crippen LogP) is 4.47. The lowest BCUT2D eigenvalue weighted by Gasteiger charge is -2.24. The van der Waals surface area contributed by atoms with Crippen molar-refractivity contribution in [2.24, 2.45) is 0 Å². The normalized spacial score (nSPS) is 17.4. The van der Waals surface area contributed by atoms with E-state index in [1.807, 2.05) is 19.1 Å². The lowest BCUT2D eigenvalue weighted by Crippen LogP contribution is -2.21. The Balaban J connectivity index is 1.86. The Labute approximate surface area is 119 Å². The van der Waals surface area contributed by atoms with Gasteiger partial charge in [0.25, 0.3) is 0 Å². The minimum Gasteiger partial charge on any atom is -0.382 e. The number of rotatable bonds is 2. The van der Waals surface area contributed by atoms with Crippen LogP contribution in [0.2, 0.25) is 0 Å². The quantitative estimate of drug-likeness (QED) is 0.848. The van der Waals surface area contributed by atoms with Gasteiger partial charge >= 0.3 is 0 Å². The van der Waals surface area contributed by atoms with Crippen LogP contribution in [0, 0.1) is 12.7 Å². The van der Waals surface area contributed by atoms with Crippen molar-refractivity contribution in [3.05, 3.63) is 64.5 Å². The molecule has 104 valence electrons. The summed E-state index contributed by atoms with van der Waals surface area (Å²) in [7, 11) is 0. The van der Waals surface area contributed by atoms with E-state index in [1.165, 1.54) is 16.8 Å². The van der Waals surface area contributed by atoms with E-state index in [2.05, 4.69) is 30.4 Å². The zero-order valence-electron chi connectivity index (χ0n) is 12.0. The molecule has 2 heteroatoms. The van der Waals surface area contributed by atoms with Crippen molar-refractivity contribution in [3.63, 3.8) is 0 Å². The van der Waals surface area contributed by atoms with Gasteiger partial charge in [-0.3, -0.25) is 0 Å². The maximum Gasteiger partial charge on any atom is 0.126 e. The van der Waals surface area contributed by atoms with Gasteiger partial charge in [-0.1, -0.05) is 29.8 Å². The number of hydrogen-bond acceptors (Lipinski definition) is 1. The molecule has 1 atom stereocenters. The minimum absolute atomic E-state index is 0.111. The summed E-state index contributed by atoms with van der Waals surface area (Å²) in [6, 6.07) is 12.3. The second-order valence-corrected chi connectivity index (χ2v) is 5.85. The standard InChI is InChI=1S/C18H20FN/c1-12-3-7-17(19)16(9-12)11-14-5-8-18-15(10-14)6-4-13(2)20-18/h3,5,7-10,13,20H,4,6,11H2,1-2H3. The van der Waals surface area contributed by atoms with Crippen molar-refractivity contribution in [1.29, 1.82) is 0 Å². The summed E-state index contributed by atoms with van der Waals surface area (Å²) in [5.74, 6) is -0.111. The highest BCUT2D eigenvalue weighted by Crippen LogP contribution is 2.27. The van der Waals surface area contributed by atoms with Gasteiger partial charge in [0, 0.05) is 18.2 Å². The van der Waals surface area contributed by atoms with Crippen LogP contribution >= 0.6 is 0 Å². The Morgan fingerprint density at radius 1 is 1.20 bits per heavy atom. The molecule has 0 aliphatic carbocycles. The molecule has 1 aliphatic heterocycles. The molecular weight excluding hydrogens is 249 g/mol. The smallest absolute Gasteiger partial charge is 0.126 e. The van der Waals surface area contributed by atoms with Crippen LogP contribution in [0.3, 0.4) is 0 Å². The Hall–Kier alpha value is -1.83. The largest absolute Gasteiger partial charge is 0.382 e. The van der Waals surface area contributed by atoms with Crippen LogP contribution in [0.1, 0.15) is 35.6 Å². The third kappa shape index (κ3) is 2.69. The topological polar surface area (TPSA) is 12.0 Å². The van der Waals surface area contributed by atoms with Crippen LogP contribution in [0.4, 0.5) is 10.1 Å². The highest BCUT2D eigenvalue weighted by atomic mass is 19.1. The molecule has 0 spiro atoms. The zero-order chi connectivity index (χ0) is 14.1. The van der Waals surface area contributed by atoms with Crippen LogP contribution in [0.15, 0.2) is 36.4 Å². The van der Waals surface area contributed by atoms with Gasteiger partial charge in [0.05, 0.1) is 0 Å². The third-order valence-corrected chi connectivity index (χ3v) is 4.01. The number of halogens is 1. The Morgan fingerprint density at radius 2 is 2.05 bits per heavy atom. The van der Waals surface area contributed by atoms with E-state index in [0.717, 1.165) is 24.0 Å². The van der Waals surface area contributed by atoms with E-state index in [1.54, 1.807) is 6.07 Å². The number of fused-ring (bicyclic) bond motifs is 1. The molecule has 0 fully saturated rings. The fraction of sp³-hybridized carbons (Fsp3) is 0.333. The summed E-state index contributed by atoms with van der Waals surface area (Å²) in [6.45, 7) is 4.21. The van der Waals surface area contributed by atoms with Crippen LogP contribution in [-0.2, 0) is 12.8 Å². The van der Waals surface area contributed by atoms with Crippen molar-refractivity contribution in [2.45, 2.75) is 39.2 Å². The van der Waals surface area contributed by atoms with E-state index in [9.17, 15) is 4.39 Å². The summed E-state index contributed by atoms with van der Waals surface area (Å²) in [5, 5.41) is 3.50. The molecule has 0 aromatic heterocycles. The van der Waals surface area contributed by atoms with Crippen molar-refractivity contribution >= 4 is 5.69 Å². The molecule has 3 rings (SSSR count). The molecule has 1 nitrogen and oxygen atoms in total. The maximum absolute atomic E-state index is 13.8. The van der Waals surface area contributed by atoms with Crippen LogP contribution < -0.4 is 5.32 Å². The Kier molecular flexibility index (Phi) is 3.47. The van der Waals surface area contributed by atoms with Crippen molar-refractivity contribution in [1.82, 2.24) is 0 Å². The monoisotopic (exact) mass is 269 g/mol. The second-order valence-electron chi connectivity index (χ2n) is 5.85. The first-order valence-electron chi connectivity index (χ1n) is 7.25. The predicted molar refractivity (Wildman–Crippen MR) is 81.8 cm³/mol. The summed E-state index contributed by atoms with van der Waals surface area (Å²) in [4.78, 5) is 0. The van der Waals surface area contributed by atoms with Gasteiger partial charge in [-0.25, -0.2) is 4.39 Å². The molecule has 1 heterocycles. The molecule has 1 unspecified atom stereocenters. The summed E-state index contributed by atoms with van der Waals surface area (Å²) < 4.78 is 13.8. The number of hydrogen-bond donors (Lipinski definition) is 1. The summed E-state index contributed by atoms with van der Waals surface area (Å²) in [6.07, 6.45) is 2.93. The molecular formula is C18H20FN. The molecule has 0 bridgehead atoms. The lowest BCUT2D eigenvalue weighted by molar-refractivity contribution is 0.613. The van der Waals surface area contributed by atoms with Gasteiger partial charge in [-0.2, -0.15) is 0 Å². The second kappa shape index (κ2) is 5.28. The van der Waals surface area contributed by atoms with Gasteiger partial charge in [-0.05, 0) is 55.5 Å². The van der Waals surface area contributed by atoms with E-state index >= 15 is 0 Å². The SMILES string of the molecule is Cc1ccc(F)c(Cc2ccc3c(c2)CCC(C)N3)c1.